The monoisotopic (exact) mass is 316 g/mol. The van der Waals surface area contributed by atoms with Crippen LogP contribution in [0.5, 0.6) is 0 Å². The highest BCUT2D eigenvalue weighted by molar-refractivity contribution is 6.01. The number of rotatable bonds is 4. The van der Waals surface area contributed by atoms with Gasteiger partial charge in [-0.3, -0.25) is 9.59 Å². The quantitative estimate of drug-likeness (QED) is 0.852. The average molecular weight is 316 g/mol. The zero-order valence-electron chi connectivity index (χ0n) is 14.0. The summed E-state index contributed by atoms with van der Waals surface area (Å²) in [5.41, 5.74) is 2.21. The summed E-state index contributed by atoms with van der Waals surface area (Å²) in [7, 11) is 1.63. The fourth-order valence-corrected chi connectivity index (χ4v) is 3.75. The minimum absolute atomic E-state index is 0.00795. The van der Waals surface area contributed by atoms with Crippen LogP contribution >= 0.6 is 0 Å². The zero-order valence-corrected chi connectivity index (χ0v) is 14.0. The molecule has 5 heteroatoms. The molecule has 2 aliphatic heterocycles. The molecule has 3 atom stereocenters. The lowest BCUT2D eigenvalue weighted by molar-refractivity contribution is -0.130. The first-order chi connectivity index (χ1) is 11.0. The minimum atomic E-state index is -0.254. The van der Waals surface area contributed by atoms with E-state index in [0.29, 0.717) is 19.6 Å². The summed E-state index contributed by atoms with van der Waals surface area (Å²) in [4.78, 5) is 28.9. The Morgan fingerprint density at radius 3 is 2.83 bits per heavy atom. The van der Waals surface area contributed by atoms with Gasteiger partial charge in [-0.1, -0.05) is 18.2 Å². The Labute approximate surface area is 137 Å². The van der Waals surface area contributed by atoms with Gasteiger partial charge in [0.2, 0.25) is 11.8 Å². The van der Waals surface area contributed by atoms with E-state index in [4.69, 9.17) is 4.74 Å². The molecule has 0 aromatic heterocycles. The van der Waals surface area contributed by atoms with Gasteiger partial charge in [-0.15, -0.1) is 0 Å². The Kier molecular flexibility index (Phi) is 4.39. The molecule has 1 aromatic rings. The van der Waals surface area contributed by atoms with Crippen LogP contribution < -0.4 is 4.90 Å². The van der Waals surface area contributed by atoms with Crippen molar-refractivity contribution in [2.24, 2.45) is 5.92 Å². The van der Waals surface area contributed by atoms with Crippen molar-refractivity contribution in [3.05, 3.63) is 29.8 Å². The Morgan fingerprint density at radius 1 is 1.35 bits per heavy atom. The largest absolute Gasteiger partial charge is 0.383 e. The average Bonchev–Trinajstić information content (AvgIpc) is 3.06. The van der Waals surface area contributed by atoms with E-state index in [2.05, 4.69) is 13.0 Å². The van der Waals surface area contributed by atoms with Crippen molar-refractivity contribution in [3.8, 4) is 0 Å². The number of likely N-dealkylation sites (tertiary alicyclic amines) is 1. The molecule has 0 unspecified atom stereocenters. The number of hydrogen-bond acceptors (Lipinski definition) is 3. The molecule has 0 aliphatic carbocycles. The molecule has 1 saturated heterocycles. The normalized spacial score (nSPS) is 24.9. The lowest BCUT2D eigenvalue weighted by atomic mass is 10.1. The fraction of sp³-hybridized carbons (Fsp3) is 0.556. The van der Waals surface area contributed by atoms with Crippen molar-refractivity contribution in [2.75, 3.05) is 25.2 Å². The van der Waals surface area contributed by atoms with E-state index in [0.717, 1.165) is 12.1 Å². The Bertz CT molecular complexity index is 616. The highest BCUT2D eigenvalue weighted by atomic mass is 16.5. The molecule has 2 heterocycles. The summed E-state index contributed by atoms with van der Waals surface area (Å²) < 4.78 is 5.13. The van der Waals surface area contributed by atoms with E-state index < -0.39 is 0 Å². The molecule has 0 saturated carbocycles. The highest BCUT2D eigenvalue weighted by Crippen LogP contribution is 2.34. The van der Waals surface area contributed by atoms with Gasteiger partial charge in [-0.25, -0.2) is 0 Å². The summed E-state index contributed by atoms with van der Waals surface area (Å²) in [6, 6.07) is 8.20. The smallest absolute Gasteiger partial charge is 0.232 e. The number of fused-ring (bicyclic) bond motifs is 1. The van der Waals surface area contributed by atoms with Crippen LogP contribution in [0.25, 0.3) is 0 Å². The summed E-state index contributed by atoms with van der Waals surface area (Å²) in [5, 5.41) is 0. The van der Waals surface area contributed by atoms with Gasteiger partial charge in [0.25, 0.3) is 0 Å². The van der Waals surface area contributed by atoms with Crippen molar-refractivity contribution in [1.82, 2.24) is 4.90 Å². The van der Waals surface area contributed by atoms with Crippen molar-refractivity contribution in [3.63, 3.8) is 0 Å². The molecule has 3 rings (SSSR count). The maximum Gasteiger partial charge on any atom is 0.232 e. The standard InChI is InChI=1S/C18H24N2O3/c1-12-8-14-6-4-5-7-16(14)20(12)18(22)15-9-17(21)19(10-15)13(2)11-23-3/h4-7,12-13,15H,8-11H2,1-3H3/t12-,13-,15+/m0/s1. The molecule has 0 bridgehead atoms. The Hall–Kier alpha value is -1.88. The molecule has 0 N–H and O–H groups in total. The molecule has 1 fully saturated rings. The first kappa shape index (κ1) is 16.0. The number of benzene rings is 1. The van der Waals surface area contributed by atoms with Crippen LogP contribution in [0.4, 0.5) is 5.69 Å². The molecular weight excluding hydrogens is 292 g/mol. The van der Waals surface area contributed by atoms with Gasteiger partial charge in [0.05, 0.1) is 18.6 Å². The van der Waals surface area contributed by atoms with Crippen LogP contribution in [0, 0.1) is 5.92 Å². The zero-order chi connectivity index (χ0) is 16.6. The first-order valence-corrected chi connectivity index (χ1v) is 8.22. The highest BCUT2D eigenvalue weighted by Gasteiger charge is 2.41. The third-order valence-corrected chi connectivity index (χ3v) is 4.89. The number of nitrogens with zero attached hydrogens (tertiary/aromatic N) is 2. The topological polar surface area (TPSA) is 49.9 Å². The maximum atomic E-state index is 13.0. The van der Waals surface area contributed by atoms with Crippen molar-refractivity contribution < 1.29 is 14.3 Å². The van der Waals surface area contributed by atoms with Gasteiger partial charge in [0.1, 0.15) is 0 Å². The van der Waals surface area contributed by atoms with Gasteiger partial charge in [-0.05, 0) is 31.9 Å². The van der Waals surface area contributed by atoms with Crippen LogP contribution in [0.15, 0.2) is 24.3 Å². The number of methoxy groups -OCH3 is 1. The number of carbonyl (C=O) groups is 2. The summed E-state index contributed by atoms with van der Waals surface area (Å²) in [5.74, 6) is -0.133. The Morgan fingerprint density at radius 2 is 2.09 bits per heavy atom. The van der Waals surface area contributed by atoms with Crippen LogP contribution in [-0.4, -0.2) is 49.1 Å². The molecular formula is C18H24N2O3. The van der Waals surface area contributed by atoms with E-state index in [-0.39, 0.29) is 29.8 Å². The first-order valence-electron chi connectivity index (χ1n) is 8.22. The molecule has 0 spiro atoms. The second kappa shape index (κ2) is 6.32. The summed E-state index contributed by atoms with van der Waals surface area (Å²) >= 11 is 0. The summed E-state index contributed by atoms with van der Waals surface area (Å²) in [6.07, 6.45) is 1.19. The van der Waals surface area contributed by atoms with Crippen LogP contribution in [-0.2, 0) is 20.7 Å². The van der Waals surface area contributed by atoms with Crippen LogP contribution in [0.1, 0.15) is 25.8 Å². The van der Waals surface area contributed by atoms with Crippen LogP contribution in [0.3, 0.4) is 0 Å². The molecule has 124 valence electrons. The third-order valence-electron chi connectivity index (χ3n) is 4.89. The number of ether oxygens (including phenoxy) is 1. The van der Waals surface area contributed by atoms with Crippen molar-refractivity contribution in [2.45, 2.75) is 38.8 Å². The number of hydrogen-bond donors (Lipinski definition) is 0. The number of amides is 2. The Balaban J connectivity index is 1.76. The predicted octanol–water partition coefficient (Wildman–Crippen LogP) is 1.85. The molecule has 2 amide bonds. The SMILES string of the molecule is COC[C@H](C)N1C[C@H](C(=O)N2c3ccccc3C[C@@H]2C)CC1=O. The van der Waals surface area contributed by atoms with E-state index >= 15 is 0 Å². The fourth-order valence-electron chi connectivity index (χ4n) is 3.75. The van der Waals surface area contributed by atoms with E-state index in [9.17, 15) is 9.59 Å². The van der Waals surface area contributed by atoms with Gasteiger partial charge in [-0.2, -0.15) is 0 Å². The lowest BCUT2D eigenvalue weighted by Crippen LogP contribution is -2.42. The second-order valence-electron chi connectivity index (χ2n) is 6.64. The molecule has 0 radical (unpaired) electrons. The summed E-state index contributed by atoms with van der Waals surface area (Å²) in [6.45, 7) is 5.02. The van der Waals surface area contributed by atoms with Gasteiger partial charge < -0.3 is 14.5 Å². The number of carbonyl (C=O) groups excluding carboxylic acids is 2. The maximum absolute atomic E-state index is 13.0. The van der Waals surface area contributed by atoms with E-state index in [1.165, 1.54) is 5.56 Å². The van der Waals surface area contributed by atoms with Gasteiger partial charge >= 0.3 is 0 Å². The van der Waals surface area contributed by atoms with E-state index in [1.54, 1.807) is 12.0 Å². The number of para-hydroxylation sites is 1. The predicted molar refractivity (Wildman–Crippen MR) is 88.3 cm³/mol. The molecule has 23 heavy (non-hydrogen) atoms. The van der Waals surface area contributed by atoms with Crippen molar-refractivity contribution in [1.29, 1.82) is 0 Å². The third kappa shape index (κ3) is 2.85. The molecule has 2 aliphatic rings. The van der Waals surface area contributed by atoms with Gasteiger partial charge in [0.15, 0.2) is 0 Å². The van der Waals surface area contributed by atoms with Crippen molar-refractivity contribution >= 4 is 17.5 Å². The van der Waals surface area contributed by atoms with E-state index in [1.807, 2.05) is 30.0 Å². The number of anilines is 1. The molecule has 1 aromatic carbocycles. The second-order valence-corrected chi connectivity index (χ2v) is 6.64. The van der Waals surface area contributed by atoms with Crippen LogP contribution in [0.2, 0.25) is 0 Å². The van der Waals surface area contributed by atoms with Gasteiger partial charge in [0, 0.05) is 31.8 Å². The molecule has 5 nitrogen and oxygen atoms in total. The minimum Gasteiger partial charge on any atom is -0.383 e. The lowest BCUT2D eigenvalue weighted by Gasteiger charge is -2.27.